The van der Waals surface area contributed by atoms with Crippen LogP contribution in [0.25, 0.3) is 0 Å². The molecule has 0 aromatic heterocycles. The van der Waals surface area contributed by atoms with Crippen molar-refractivity contribution >= 4 is 22.5 Å². The van der Waals surface area contributed by atoms with E-state index in [1.54, 1.807) is 24.3 Å². The largest absolute Gasteiger partial charge is 0.406 e. The Labute approximate surface area is 152 Å². The normalized spacial score (nSPS) is 12.5. The molecule has 140 valence electrons. The molecular weight excluding hydrogens is 365 g/mol. The number of amides is 2. The fraction of sp³-hybridized carbons (Fsp3) is 0.278. The van der Waals surface area contributed by atoms with Crippen molar-refractivity contribution in [3.8, 4) is 0 Å². The molecule has 8 heteroatoms. The highest BCUT2D eigenvalue weighted by Crippen LogP contribution is 2.18. The first kappa shape index (κ1) is 20.0. The topological polar surface area (TPSA) is 49.4 Å². The quantitative estimate of drug-likeness (QED) is 0.813. The van der Waals surface area contributed by atoms with Crippen LogP contribution in [0.15, 0.2) is 54.6 Å². The summed E-state index contributed by atoms with van der Waals surface area (Å²) in [6, 6.07) is 15.2. The Hall–Kier alpha value is -2.35. The zero-order chi connectivity index (χ0) is 19.2. The van der Waals surface area contributed by atoms with Crippen LogP contribution in [0, 0.1) is 0 Å². The Morgan fingerprint density at radius 3 is 2.31 bits per heavy atom. The second-order valence-electron chi connectivity index (χ2n) is 5.82. The van der Waals surface area contributed by atoms with Crippen LogP contribution >= 0.6 is 0 Å². The molecule has 2 rings (SSSR count). The molecule has 0 aliphatic rings. The van der Waals surface area contributed by atoms with Gasteiger partial charge in [-0.1, -0.05) is 42.5 Å². The van der Waals surface area contributed by atoms with Gasteiger partial charge in [-0.2, -0.15) is 13.2 Å². The molecule has 2 aromatic carbocycles. The van der Waals surface area contributed by atoms with Gasteiger partial charge in [-0.05, 0) is 23.3 Å². The Morgan fingerprint density at radius 2 is 1.65 bits per heavy atom. The standard InChI is InChI=1S/C18H19F3N2O2S/c1-23(13-18(19,20)21)17(24)22-16-9-5-8-15(10-16)12-26(25)11-14-6-3-2-4-7-14/h2-10H,11-13H2,1H3,(H,22,24)/t26-/m0/s1. The van der Waals surface area contributed by atoms with Gasteiger partial charge in [0.25, 0.3) is 0 Å². The van der Waals surface area contributed by atoms with Crippen LogP contribution in [0.5, 0.6) is 0 Å². The van der Waals surface area contributed by atoms with Crippen LogP contribution in [-0.4, -0.2) is 34.9 Å². The lowest BCUT2D eigenvalue weighted by Crippen LogP contribution is -2.38. The van der Waals surface area contributed by atoms with E-state index in [1.807, 2.05) is 30.3 Å². The van der Waals surface area contributed by atoms with E-state index in [0.717, 1.165) is 18.2 Å². The number of carbonyl (C=O) groups excluding carboxylic acids is 1. The highest BCUT2D eigenvalue weighted by molar-refractivity contribution is 7.83. The van der Waals surface area contributed by atoms with E-state index in [2.05, 4.69) is 5.32 Å². The predicted molar refractivity (Wildman–Crippen MR) is 96.1 cm³/mol. The summed E-state index contributed by atoms with van der Waals surface area (Å²) in [6.07, 6.45) is -4.46. The van der Waals surface area contributed by atoms with Crippen LogP contribution in [0.3, 0.4) is 0 Å². The minimum absolute atomic E-state index is 0.289. The third kappa shape index (κ3) is 6.87. The molecule has 0 aliphatic heterocycles. The van der Waals surface area contributed by atoms with Gasteiger partial charge in [-0.3, -0.25) is 4.21 Å². The average molecular weight is 384 g/mol. The Kier molecular flexibility index (Phi) is 6.79. The number of halogens is 3. The van der Waals surface area contributed by atoms with Gasteiger partial charge in [0.15, 0.2) is 0 Å². The second-order valence-corrected chi connectivity index (χ2v) is 7.27. The lowest BCUT2D eigenvalue weighted by atomic mass is 10.2. The van der Waals surface area contributed by atoms with Gasteiger partial charge in [0.2, 0.25) is 0 Å². The van der Waals surface area contributed by atoms with Crippen LogP contribution in [0.1, 0.15) is 11.1 Å². The summed E-state index contributed by atoms with van der Waals surface area (Å²) in [4.78, 5) is 12.4. The molecule has 0 radical (unpaired) electrons. The Bertz CT molecular complexity index is 767. The van der Waals surface area contributed by atoms with Crippen molar-refractivity contribution in [2.75, 3.05) is 18.9 Å². The molecule has 0 unspecified atom stereocenters. The average Bonchev–Trinajstić information content (AvgIpc) is 2.54. The molecule has 0 bridgehead atoms. The van der Waals surface area contributed by atoms with Gasteiger partial charge in [0, 0.05) is 35.0 Å². The summed E-state index contributed by atoms with van der Waals surface area (Å²) in [6.45, 7) is -1.33. The van der Waals surface area contributed by atoms with E-state index in [9.17, 15) is 22.2 Å². The van der Waals surface area contributed by atoms with Crippen LogP contribution < -0.4 is 5.32 Å². The van der Waals surface area contributed by atoms with E-state index in [1.165, 1.54) is 0 Å². The summed E-state index contributed by atoms with van der Waals surface area (Å²) in [5.41, 5.74) is 2.05. The third-order valence-corrected chi connectivity index (χ3v) is 4.75. The molecule has 0 spiro atoms. The summed E-state index contributed by atoms with van der Waals surface area (Å²) in [7, 11) is -0.0660. The fourth-order valence-corrected chi connectivity index (χ4v) is 3.51. The SMILES string of the molecule is CN(CC(F)(F)F)C(=O)Nc1cccc(C[S@@](=O)Cc2ccccc2)c1. The van der Waals surface area contributed by atoms with Crippen LogP contribution in [0.4, 0.5) is 23.7 Å². The van der Waals surface area contributed by atoms with E-state index >= 15 is 0 Å². The zero-order valence-electron chi connectivity index (χ0n) is 14.1. The maximum absolute atomic E-state index is 12.3. The molecule has 2 amide bonds. The Morgan fingerprint density at radius 1 is 1.04 bits per heavy atom. The third-order valence-electron chi connectivity index (χ3n) is 3.44. The summed E-state index contributed by atoms with van der Waals surface area (Å²) in [5.74, 6) is 0.697. The number of urea groups is 1. The van der Waals surface area contributed by atoms with Gasteiger partial charge in [0.05, 0.1) is 0 Å². The van der Waals surface area contributed by atoms with Crippen molar-refractivity contribution in [3.05, 3.63) is 65.7 Å². The van der Waals surface area contributed by atoms with Crippen LogP contribution in [-0.2, 0) is 22.3 Å². The maximum Gasteiger partial charge on any atom is 0.406 e. The highest BCUT2D eigenvalue weighted by atomic mass is 32.2. The number of hydrogen-bond acceptors (Lipinski definition) is 2. The highest BCUT2D eigenvalue weighted by Gasteiger charge is 2.31. The molecule has 0 aliphatic carbocycles. The number of carbonyl (C=O) groups is 1. The molecule has 0 saturated heterocycles. The van der Waals surface area contributed by atoms with E-state index in [-0.39, 0.29) is 5.75 Å². The number of benzene rings is 2. The molecular formula is C18H19F3N2O2S. The monoisotopic (exact) mass is 384 g/mol. The summed E-state index contributed by atoms with van der Waals surface area (Å²) < 4.78 is 49.3. The van der Waals surface area contributed by atoms with Gasteiger partial charge in [-0.15, -0.1) is 0 Å². The van der Waals surface area contributed by atoms with Crippen molar-refractivity contribution < 1.29 is 22.2 Å². The van der Waals surface area contributed by atoms with Crippen molar-refractivity contribution in [1.29, 1.82) is 0 Å². The second kappa shape index (κ2) is 8.84. The number of hydrogen-bond donors (Lipinski definition) is 1. The molecule has 1 atom stereocenters. The molecule has 4 nitrogen and oxygen atoms in total. The first-order chi connectivity index (χ1) is 12.2. The zero-order valence-corrected chi connectivity index (χ0v) is 14.9. The fourth-order valence-electron chi connectivity index (χ4n) is 2.30. The first-order valence-electron chi connectivity index (χ1n) is 7.79. The van der Waals surface area contributed by atoms with Gasteiger partial charge < -0.3 is 10.2 Å². The summed E-state index contributed by atoms with van der Waals surface area (Å²) >= 11 is 0. The number of alkyl halides is 3. The molecule has 0 saturated carbocycles. The number of rotatable bonds is 6. The van der Waals surface area contributed by atoms with Crippen LogP contribution in [0.2, 0.25) is 0 Å². The van der Waals surface area contributed by atoms with Crippen molar-refractivity contribution in [3.63, 3.8) is 0 Å². The van der Waals surface area contributed by atoms with Crippen molar-refractivity contribution in [2.24, 2.45) is 0 Å². The van der Waals surface area contributed by atoms with E-state index in [0.29, 0.717) is 16.3 Å². The number of anilines is 1. The number of nitrogens with zero attached hydrogens (tertiary/aromatic N) is 1. The van der Waals surface area contributed by atoms with Crippen molar-refractivity contribution in [2.45, 2.75) is 17.7 Å². The number of nitrogens with one attached hydrogen (secondary N) is 1. The lowest BCUT2D eigenvalue weighted by Gasteiger charge is -2.19. The van der Waals surface area contributed by atoms with Gasteiger partial charge in [0.1, 0.15) is 6.54 Å². The smallest absolute Gasteiger partial charge is 0.318 e. The first-order valence-corrected chi connectivity index (χ1v) is 9.28. The van der Waals surface area contributed by atoms with Crippen molar-refractivity contribution in [1.82, 2.24) is 4.90 Å². The Balaban J connectivity index is 1.95. The minimum atomic E-state index is -4.46. The minimum Gasteiger partial charge on any atom is -0.318 e. The lowest BCUT2D eigenvalue weighted by molar-refractivity contribution is -0.137. The molecule has 26 heavy (non-hydrogen) atoms. The predicted octanol–water partition coefficient (Wildman–Crippen LogP) is 4.16. The maximum atomic E-state index is 12.3. The molecule has 0 heterocycles. The molecule has 0 fully saturated rings. The van der Waals surface area contributed by atoms with E-state index < -0.39 is 29.6 Å². The van der Waals surface area contributed by atoms with E-state index in [4.69, 9.17) is 0 Å². The van der Waals surface area contributed by atoms with Gasteiger partial charge >= 0.3 is 12.2 Å². The summed E-state index contributed by atoms with van der Waals surface area (Å²) in [5, 5.41) is 2.42. The molecule has 2 aromatic rings. The molecule has 1 N–H and O–H groups in total. The van der Waals surface area contributed by atoms with Gasteiger partial charge in [-0.25, -0.2) is 4.79 Å².